The van der Waals surface area contributed by atoms with Crippen LogP contribution in [0, 0.1) is 23.7 Å². The fourth-order valence-corrected chi connectivity index (χ4v) is 2.75. The highest BCUT2D eigenvalue weighted by molar-refractivity contribution is 4.80. The molecule has 72 valence electrons. The van der Waals surface area contributed by atoms with Crippen molar-refractivity contribution in [2.75, 3.05) is 0 Å². The van der Waals surface area contributed by atoms with Crippen LogP contribution in [0.3, 0.4) is 0 Å². The first-order valence-corrected chi connectivity index (χ1v) is 5.66. The topological polar surface area (TPSA) is 0 Å². The van der Waals surface area contributed by atoms with E-state index in [1.807, 2.05) is 0 Å². The molecule has 0 aromatic carbocycles. The van der Waals surface area contributed by atoms with Gasteiger partial charge in [-0.05, 0) is 30.1 Å². The number of rotatable bonds is 3. The summed E-state index contributed by atoms with van der Waals surface area (Å²) in [4.78, 5) is 0. The summed E-state index contributed by atoms with van der Waals surface area (Å²) in [5.74, 6) is 3.90. The highest BCUT2D eigenvalue weighted by atomic mass is 14.4. The number of hydrogen-bond donors (Lipinski definition) is 0. The van der Waals surface area contributed by atoms with Crippen LogP contribution < -0.4 is 0 Å². The highest BCUT2D eigenvalue weighted by Crippen LogP contribution is 2.39. The molecule has 12 heavy (non-hydrogen) atoms. The molecular weight excluding hydrogens is 144 g/mol. The van der Waals surface area contributed by atoms with Gasteiger partial charge in [-0.1, -0.05) is 47.0 Å². The van der Waals surface area contributed by atoms with E-state index in [9.17, 15) is 0 Å². The molecule has 0 aliphatic heterocycles. The standard InChI is InChI=1S/C12H24/c1-5-9(2)11(4)12-8-6-7-10(12)3/h9-12H,5-8H2,1-4H3. The van der Waals surface area contributed by atoms with Crippen molar-refractivity contribution in [3.05, 3.63) is 0 Å². The molecule has 1 rings (SSSR count). The molecule has 0 nitrogen and oxygen atoms in total. The van der Waals surface area contributed by atoms with Crippen molar-refractivity contribution in [1.29, 1.82) is 0 Å². The Morgan fingerprint density at radius 3 is 2.33 bits per heavy atom. The molecule has 0 spiro atoms. The predicted molar refractivity (Wildman–Crippen MR) is 55.1 cm³/mol. The van der Waals surface area contributed by atoms with Crippen LogP contribution in [0.1, 0.15) is 53.4 Å². The molecule has 0 heterocycles. The molecule has 1 aliphatic rings. The Bertz CT molecular complexity index is 128. The molecule has 1 aliphatic carbocycles. The van der Waals surface area contributed by atoms with Crippen molar-refractivity contribution in [3.8, 4) is 0 Å². The van der Waals surface area contributed by atoms with Crippen LogP contribution in [-0.4, -0.2) is 0 Å². The maximum Gasteiger partial charge on any atom is -0.0360 e. The fraction of sp³-hybridized carbons (Fsp3) is 1.00. The van der Waals surface area contributed by atoms with Crippen LogP contribution in [0.15, 0.2) is 0 Å². The van der Waals surface area contributed by atoms with Gasteiger partial charge in [-0.2, -0.15) is 0 Å². The molecule has 0 amide bonds. The summed E-state index contributed by atoms with van der Waals surface area (Å²) in [7, 11) is 0. The van der Waals surface area contributed by atoms with Crippen molar-refractivity contribution in [3.63, 3.8) is 0 Å². The SMILES string of the molecule is CCC(C)C(C)C1CCCC1C. The Balaban J connectivity index is 2.45. The van der Waals surface area contributed by atoms with Crippen LogP contribution in [0.25, 0.3) is 0 Å². The first-order chi connectivity index (χ1) is 5.66. The normalized spacial score (nSPS) is 35.0. The molecule has 0 heteroatoms. The third kappa shape index (κ3) is 2.02. The summed E-state index contributed by atoms with van der Waals surface area (Å²) in [5, 5.41) is 0. The third-order valence-corrected chi connectivity index (χ3v) is 4.14. The van der Waals surface area contributed by atoms with Gasteiger partial charge >= 0.3 is 0 Å². The fourth-order valence-electron chi connectivity index (χ4n) is 2.75. The molecule has 4 unspecified atom stereocenters. The second-order valence-electron chi connectivity index (χ2n) is 4.82. The summed E-state index contributed by atoms with van der Waals surface area (Å²) in [6.07, 6.45) is 5.80. The van der Waals surface area contributed by atoms with Crippen molar-refractivity contribution < 1.29 is 0 Å². The Hall–Kier alpha value is 0. The van der Waals surface area contributed by atoms with Gasteiger partial charge in [0.15, 0.2) is 0 Å². The zero-order valence-electron chi connectivity index (χ0n) is 9.14. The molecule has 0 aromatic heterocycles. The van der Waals surface area contributed by atoms with E-state index in [4.69, 9.17) is 0 Å². The van der Waals surface area contributed by atoms with E-state index in [1.54, 1.807) is 0 Å². The molecule has 0 radical (unpaired) electrons. The van der Waals surface area contributed by atoms with Crippen LogP contribution in [-0.2, 0) is 0 Å². The molecule has 0 saturated heterocycles. The van der Waals surface area contributed by atoms with Crippen LogP contribution in [0.4, 0.5) is 0 Å². The minimum absolute atomic E-state index is 0.926. The Kier molecular flexibility index (Phi) is 3.61. The Labute approximate surface area is 77.7 Å². The average molecular weight is 168 g/mol. The Morgan fingerprint density at radius 2 is 1.92 bits per heavy atom. The summed E-state index contributed by atoms with van der Waals surface area (Å²) in [5.41, 5.74) is 0. The van der Waals surface area contributed by atoms with Crippen molar-refractivity contribution >= 4 is 0 Å². The van der Waals surface area contributed by atoms with E-state index in [0.717, 1.165) is 23.7 Å². The van der Waals surface area contributed by atoms with Crippen molar-refractivity contribution in [1.82, 2.24) is 0 Å². The molecular formula is C12H24. The van der Waals surface area contributed by atoms with E-state index in [0.29, 0.717) is 0 Å². The van der Waals surface area contributed by atoms with Crippen LogP contribution in [0.5, 0.6) is 0 Å². The lowest BCUT2D eigenvalue weighted by Crippen LogP contribution is -2.20. The lowest BCUT2D eigenvalue weighted by molar-refractivity contribution is 0.217. The first kappa shape index (κ1) is 10.1. The lowest BCUT2D eigenvalue weighted by atomic mass is 9.78. The van der Waals surface area contributed by atoms with E-state index in [1.165, 1.54) is 25.7 Å². The van der Waals surface area contributed by atoms with Gasteiger partial charge in [0.25, 0.3) is 0 Å². The molecule has 0 N–H and O–H groups in total. The second kappa shape index (κ2) is 4.30. The van der Waals surface area contributed by atoms with Gasteiger partial charge < -0.3 is 0 Å². The zero-order valence-corrected chi connectivity index (χ0v) is 9.14. The van der Waals surface area contributed by atoms with Gasteiger partial charge in [0.05, 0.1) is 0 Å². The second-order valence-corrected chi connectivity index (χ2v) is 4.82. The predicted octanol–water partition coefficient (Wildman–Crippen LogP) is 4.10. The van der Waals surface area contributed by atoms with Gasteiger partial charge in [-0.15, -0.1) is 0 Å². The molecule has 1 saturated carbocycles. The van der Waals surface area contributed by atoms with Gasteiger partial charge in [0, 0.05) is 0 Å². The van der Waals surface area contributed by atoms with Gasteiger partial charge in [-0.25, -0.2) is 0 Å². The number of hydrogen-bond acceptors (Lipinski definition) is 0. The monoisotopic (exact) mass is 168 g/mol. The van der Waals surface area contributed by atoms with E-state index in [2.05, 4.69) is 27.7 Å². The summed E-state index contributed by atoms with van der Waals surface area (Å²) in [6.45, 7) is 9.63. The van der Waals surface area contributed by atoms with Crippen molar-refractivity contribution in [2.45, 2.75) is 53.4 Å². The van der Waals surface area contributed by atoms with Crippen molar-refractivity contribution in [2.24, 2.45) is 23.7 Å². The molecule has 0 aromatic rings. The minimum Gasteiger partial charge on any atom is -0.0651 e. The summed E-state index contributed by atoms with van der Waals surface area (Å²) < 4.78 is 0. The van der Waals surface area contributed by atoms with Gasteiger partial charge in [-0.3, -0.25) is 0 Å². The van der Waals surface area contributed by atoms with Crippen LogP contribution >= 0.6 is 0 Å². The van der Waals surface area contributed by atoms with E-state index in [-0.39, 0.29) is 0 Å². The van der Waals surface area contributed by atoms with E-state index >= 15 is 0 Å². The smallest absolute Gasteiger partial charge is 0.0360 e. The third-order valence-electron chi connectivity index (χ3n) is 4.14. The highest BCUT2D eigenvalue weighted by Gasteiger charge is 2.30. The average Bonchev–Trinajstić information content (AvgIpc) is 2.48. The zero-order chi connectivity index (χ0) is 9.14. The molecule has 4 atom stereocenters. The molecule has 1 fully saturated rings. The Morgan fingerprint density at radius 1 is 1.25 bits per heavy atom. The van der Waals surface area contributed by atoms with Gasteiger partial charge in [0.2, 0.25) is 0 Å². The minimum atomic E-state index is 0.926. The first-order valence-electron chi connectivity index (χ1n) is 5.66. The summed E-state index contributed by atoms with van der Waals surface area (Å²) in [6, 6.07) is 0. The molecule has 0 bridgehead atoms. The van der Waals surface area contributed by atoms with E-state index < -0.39 is 0 Å². The van der Waals surface area contributed by atoms with Gasteiger partial charge in [0.1, 0.15) is 0 Å². The largest absolute Gasteiger partial charge is 0.0651 e. The maximum absolute atomic E-state index is 2.46. The quantitative estimate of drug-likeness (QED) is 0.595. The van der Waals surface area contributed by atoms with Crippen LogP contribution in [0.2, 0.25) is 0 Å². The summed E-state index contributed by atoms with van der Waals surface area (Å²) >= 11 is 0. The maximum atomic E-state index is 2.46. The lowest BCUT2D eigenvalue weighted by Gasteiger charge is -2.28.